The van der Waals surface area contributed by atoms with E-state index in [-0.39, 0.29) is 30.3 Å². The minimum absolute atomic E-state index is 0.00458. The Morgan fingerprint density at radius 1 is 1.12 bits per heavy atom. The molecule has 0 amide bonds. The molecule has 1 fully saturated rings. The first-order valence-corrected chi connectivity index (χ1v) is 9.59. The zero-order valence-electron chi connectivity index (χ0n) is 15.3. The van der Waals surface area contributed by atoms with Gasteiger partial charge in [0, 0.05) is 18.3 Å². The van der Waals surface area contributed by atoms with Crippen LogP contribution in [0.1, 0.15) is 77.6 Å². The van der Waals surface area contributed by atoms with Gasteiger partial charge >= 0.3 is 5.97 Å². The molecule has 0 radical (unpaired) electrons. The molecule has 2 unspecified atom stereocenters. The summed E-state index contributed by atoms with van der Waals surface area (Å²) >= 11 is 0. The molecule has 0 spiro atoms. The summed E-state index contributed by atoms with van der Waals surface area (Å²) in [5, 5.41) is 18.6. The van der Waals surface area contributed by atoms with Crippen LogP contribution in [-0.2, 0) is 14.4 Å². The van der Waals surface area contributed by atoms with Crippen LogP contribution in [0, 0.1) is 11.8 Å². The van der Waals surface area contributed by atoms with E-state index in [9.17, 15) is 19.5 Å². The predicted octanol–water partition coefficient (Wildman–Crippen LogP) is 3.68. The van der Waals surface area contributed by atoms with Gasteiger partial charge in [-0.3, -0.25) is 14.4 Å². The number of carboxylic acids is 1. The Kier molecular flexibility index (Phi) is 10.3. The number of rotatable bonds is 13. The van der Waals surface area contributed by atoms with E-state index in [1.54, 1.807) is 12.2 Å². The summed E-state index contributed by atoms with van der Waals surface area (Å²) in [5.41, 5.74) is 0. The summed E-state index contributed by atoms with van der Waals surface area (Å²) in [6.07, 6.45) is 10.7. The Bertz CT molecular complexity index is 469. The van der Waals surface area contributed by atoms with Crippen molar-refractivity contribution in [3.05, 3.63) is 12.2 Å². The van der Waals surface area contributed by atoms with Crippen molar-refractivity contribution in [3.63, 3.8) is 0 Å². The first kappa shape index (κ1) is 21.6. The minimum atomic E-state index is -0.778. The zero-order chi connectivity index (χ0) is 18.7. The average Bonchev–Trinajstić information content (AvgIpc) is 2.82. The number of unbranched alkanes of at least 4 members (excludes halogenated alkanes) is 5. The number of allylic oxidation sites excluding steroid dienone is 1. The molecule has 3 atom stereocenters. The van der Waals surface area contributed by atoms with Crippen LogP contribution in [0.25, 0.3) is 0 Å². The van der Waals surface area contributed by atoms with Gasteiger partial charge in [0.1, 0.15) is 11.6 Å². The molecule has 1 aliphatic carbocycles. The van der Waals surface area contributed by atoms with Crippen molar-refractivity contribution in [2.24, 2.45) is 11.8 Å². The monoisotopic (exact) mass is 352 g/mol. The molecule has 0 saturated heterocycles. The Balaban J connectivity index is 2.40. The van der Waals surface area contributed by atoms with Gasteiger partial charge in [0.25, 0.3) is 0 Å². The molecular weight excluding hydrogens is 320 g/mol. The fraction of sp³-hybridized carbons (Fsp3) is 0.750. The standard InChI is InChI=1S/C20H32O5/c1-2-3-6-9-15(21)12-13-17-16(18(22)14-19(17)23)10-7-4-5-8-11-20(24)25/h12-13,15-17,21H,2-11,14H2,1H3,(H,24,25)/b13-12+/t15-,16?,17?/m0/s1. The van der Waals surface area contributed by atoms with Crippen LogP contribution in [0.15, 0.2) is 12.2 Å². The van der Waals surface area contributed by atoms with Gasteiger partial charge in [-0.05, 0) is 19.3 Å². The molecule has 0 aromatic carbocycles. The lowest BCUT2D eigenvalue weighted by Crippen LogP contribution is -2.16. The van der Waals surface area contributed by atoms with E-state index in [4.69, 9.17) is 5.11 Å². The highest BCUT2D eigenvalue weighted by molar-refractivity contribution is 6.09. The maximum absolute atomic E-state index is 12.1. The topological polar surface area (TPSA) is 91.7 Å². The predicted molar refractivity (Wildman–Crippen MR) is 96.2 cm³/mol. The number of aliphatic carboxylic acids is 1. The van der Waals surface area contributed by atoms with Crippen LogP contribution in [0.5, 0.6) is 0 Å². The highest BCUT2D eigenvalue weighted by Crippen LogP contribution is 2.31. The number of aliphatic hydroxyl groups excluding tert-OH is 1. The van der Waals surface area contributed by atoms with Crippen molar-refractivity contribution >= 4 is 17.5 Å². The Labute approximate surface area is 150 Å². The van der Waals surface area contributed by atoms with Gasteiger partial charge in [-0.2, -0.15) is 0 Å². The van der Waals surface area contributed by atoms with Crippen LogP contribution in [-0.4, -0.2) is 33.9 Å². The summed E-state index contributed by atoms with van der Waals surface area (Å²) in [4.78, 5) is 34.6. The van der Waals surface area contributed by atoms with Gasteiger partial charge < -0.3 is 10.2 Å². The molecular formula is C20H32O5. The molecule has 0 bridgehead atoms. The lowest BCUT2D eigenvalue weighted by Gasteiger charge is -2.14. The van der Waals surface area contributed by atoms with E-state index in [1.807, 2.05) is 0 Å². The second kappa shape index (κ2) is 12.0. The second-order valence-corrected chi connectivity index (χ2v) is 7.04. The molecule has 142 valence electrons. The molecule has 1 aliphatic rings. The summed E-state index contributed by atoms with van der Waals surface area (Å²) in [5.74, 6) is -1.48. The highest BCUT2D eigenvalue weighted by Gasteiger charge is 2.39. The van der Waals surface area contributed by atoms with Gasteiger partial charge in [-0.15, -0.1) is 0 Å². The smallest absolute Gasteiger partial charge is 0.303 e. The number of aliphatic hydroxyl groups is 1. The lowest BCUT2D eigenvalue weighted by atomic mass is 9.89. The number of hydrogen-bond acceptors (Lipinski definition) is 4. The number of Topliss-reactive ketones (excluding diaryl/α,β-unsaturated/α-hetero) is 2. The lowest BCUT2D eigenvalue weighted by molar-refractivity contribution is -0.137. The summed E-state index contributed by atoms with van der Waals surface area (Å²) in [6.45, 7) is 2.11. The zero-order valence-corrected chi connectivity index (χ0v) is 15.3. The van der Waals surface area contributed by atoms with Crippen molar-refractivity contribution in [2.75, 3.05) is 0 Å². The Hall–Kier alpha value is -1.49. The minimum Gasteiger partial charge on any atom is -0.481 e. The van der Waals surface area contributed by atoms with Gasteiger partial charge in [-0.25, -0.2) is 0 Å². The van der Waals surface area contributed by atoms with E-state index in [0.717, 1.165) is 38.5 Å². The van der Waals surface area contributed by atoms with Crippen LogP contribution >= 0.6 is 0 Å². The number of carbonyl (C=O) groups is 3. The van der Waals surface area contributed by atoms with Gasteiger partial charge in [0.2, 0.25) is 0 Å². The number of carboxylic acid groups (broad SMARTS) is 1. The Morgan fingerprint density at radius 2 is 1.84 bits per heavy atom. The molecule has 1 rings (SSSR count). The highest BCUT2D eigenvalue weighted by atomic mass is 16.4. The first-order chi connectivity index (χ1) is 12.0. The molecule has 0 aliphatic heterocycles. The SMILES string of the molecule is CCCCC[C@H](O)/C=C/C1C(=O)CC(=O)C1CCCCCCC(=O)O. The third kappa shape index (κ3) is 8.43. The maximum Gasteiger partial charge on any atom is 0.303 e. The van der Waals surface area contributed by atoms with Crippen LogP contribution in [0.3, 0.4) is 0 Å². The van der Waals surface area contributed by atoms with Crippen LogP contribution in [0.4, 0.5) is 0 Å². The van der Waals surface area contributed by atoms with E-state index >= 15 is 0 Å². The third-order valence-corrected chi connectivity index (χ3v) is 4.87. The van der Waals surface area contributed by atoms with E-state index in [0.29, 0.717) is 19.3 Å². The molecule has 5 heteroatoms. The fourth-order valence-corrected chi connectivity index (χ4v) is 3.37. The average molecular weight is 352 g/mol. The van der Waals surface area contributed by atoms with E-state index in [1.165, 1.54) is 0 Å². The molecule has 0 heterocycles. The molecule has 0 aromatic rings. The number of ketones is 2. The quantitative estimate of drug-likeness (QED) is 0.300. The van der Waals surface area contributed by atoms with Crippen molar-refractivity contribution in [2.45, 2.75) is 83.7 Å². The summed E-state index contributed by atoms with van der Waals surface area (Å²) in [7, 11) is 0. The van der Waals surface area contributed by atoms with E-state index in [2.05, 4.69) is 6.92 Å². The molecule has 25 heavy (non-hydrogen) atoms. The van der Waals surface area contributed by atoms with E-state index < -0.39 is 18.0 Å². The normalized spacial score (nSPS) is 22.0. The number of hydrogen-bond donors (Lipinski definition) is 2. The molecule has 0 aromatic heterocycles. The van der Waals surface area contributed by atoms with Crippen LogP contribution in [0.2, 0.25) is 0 Å². The summed E-state index contributed by atoms with van der Waals surface area (Å²) < 4.78 is 0. The van der Waals surface area contributed by atoms with Gasteiger partial charge in [0.15, 0.2) is 0 Å². The van der Waals surface area contributed by atoms with Gasteiger partial charge in [-0.1, -0.05) is 57.6 Å². The van der Waals surface area contributed by atoms with Crippen molar-refractivity contribution < 1.29 is 24.6 Å². The number of carbonyl (C=O) groups excluding carboxylic acids is 2. The molecule has 5 nitrogen and oxygen atoms in total. The Morgan fingerprint density at radius 3 is 2.52 bits per heavy atom. The maximum atomic E-state index is 12.1. The second-order valence-electron chi connectivity index (χ2n) is 7.04. The summed E-state index contributed by atoms with van der Waals surface area (Å²) in [6, 6.07) is 0. The largest absolute Gasteiger partial charge is 0.481 e. The third-order valence-electron chi connectivity index (χ3n) is 4.87. The first-order valence-electron chi connectivity index (χ1n) is 9.59. The van der Waals surface area contributed by atoms with Crippen LogP contribution < -0.4 is 0 Å². The fourth-order valence-electron chi connectivity index (χ4n) is 3.37. The van der Waals surface area contributed by atoms with Crippen molar-refractivity contribution in [1.82, 2.24) is 0 Å². The molecule has 2 N–H and O–H groups in total. The van der Waals surface area contributed by atoms with Gasteiger partial charge in [0.05, 0.1) is 12.5 Å². The van der Waals surface area contributed by atoms with Crippen molar-refractivity contribution in [3.8, 4) is 0 Å². The van der Waals surface area contributed by atoms with Crippen molar-refractivity contribution in [1.29, 1.82) is 0 Å². The molecule has 1 saturated carbocycles.